The summed E-state index contributed by atoms with van der Waals surface area (Å²) in [6.45, 7) is 29.6. The van der Waals surface area contributed by atoms with Gasteiger partial charge in [0.1, 0.15) is 0 Å². The SMILES string of the molecule is CC(C)(C)C1=C(C(C)(C)C)C1(B1OC(C)(C)C(C)(C)O1)C(C)(C)C. The smallest absolute Gasteiger partial charge is 0.402 e. The van der Waals surface area contributed by atoms with E-state index in [0.29, 0.717) is 0 Å². The van der Waals surface area contributed by atoms with E-state index in [4.69, 9.17) is 9.31 Å². The van der Waals surface area contributed by atoms with Gasteiger partial charge in [-0.25, -0.2) is 0 Å². The minimum absolute atomic E-state index is 0.0411. The molecule has 2 rings (SSSR count). The summed E-state index contributed by atoms with van der Waals surface area (Å²) >= 11 is 0. The predicted octanol–water partition coefficient (Wildman–Crippen LogP) is 6.27. The maximum absolute atomic E-state index is 6.60. The van der Waals surface area contributed by atoms with Crippen LogP contribution in [0.5, 0.6) is 0 Å². The molecule has 0 saturated carbocycles. The van der Waals surface area contributed by atoms with E-state index in [2.05, 4.69) is 90.0 Å². The Labute approximate surface area is 150 Å². The van der Waals surface area contributed by atoms with E-state index in [1.807, 2.05) is 0 Å². The molecule has 0 aromatic rings. The molecule has 2 aliphatic rings. The molecule has 24 heavy (non-hydrogen) atoms. The average molecular weight is 334 g/mol. The highest BCUT2D eigenvalue weighted by atomic mass is 16.7. The van der Waals surface area contributed by atoms with Crippen LogP contribution in [0, 0.1) is 16.2 Å². The van der Waals surface area contributed by atoms with Crippen molar-refractivity contribution in [2.75, 3.05) is 0 Å². The summed E-state index contributed by atoms with van der Waals surface area (Å²) in [5.74, 6) is 0. The standard InChI is InChI=1S/C21H39BO2/c1-16(2,3)14-15(17(4,5)6)21(14,18(7,8)9)22-23-19(10,11)20(12,13)24-22/h1-13H3. The van der Waals surface area contributed by atoms with E-state index in [9.17, 15) is 0 Å². The van der Waals surface area contributed by atoms with E-state index in [1.165, 1.54) is 11.1 Å². The molecule has 2 nitrogen and oxygen atoms in total. The lowest BCUT2D eigenvalue weighted by atomic mass is 9.48. The summed E-state index contributed by atoms with van der Waals surface area (Å²) in [5, 5.41) is -0.130. The van der Waals surface area contributed by atoms with Gasteiger partial charge in [0, 0.05) is 0 Å². The first kappa shape index (κ1) is 20.0. The van der Waals surface area contributed by atoms with E-state index in [0.717, 1.165) is 0 Å². The molecule has 1 heterocycles. The van der Waals surface area contributed by atoms with Gasteiger partial charge in [-0.15, -0.1) is 0 Å². The zero-order valence-corrected chi connectivity index (χ0v) is 18.4. The van der Waals surface area contributed by atoms with Crippen LogP contribution in [0.1, 0.15) is 90.0 Å². The van der Waals surface area contributed by atoms with Crippen LogP contribution in [0.25, 0.3) is 0 Å². The van der Waals surface area contributed by atoms with Gasteiger partial charge in [-0.3, -0.25) is 0 Å². The van der Waals surface area contributed by atoms with E-state index in [1.54, 1.807) is 0 Å². The zero-order chi connectivity index (χ0) is 19.1. The van der Waals surface area contributed by atoms with Crippen molar-refractivity contribution in [2.24, 2.45) is 16.2 Å². The van der Waals surface area contributed by atoms with Crippen LogP contribution in [0.2, 0.25) is 5.31 Å². The van der Waals surface area contributed by atoms with Gasteiger partial charge in [0.05, 0.1) is 16.5 Å². The van der Waals surface area contributed by atoms with Crippen molar-refractivity contribution in [3.05, 3.63) is 11.1 Å². The first-order chi connectivity index (χ1) is 10.3. The molecule has 0 unspecified atom stereocenters. The summed E-state index contributed by atoms with van der Waals surface area (Å²) in [7, 11) is -0.217. The molecule has 0 bridgehead atoms. The molecular formula is C21H39BO2. The second kappa shape index (κ2) is 4.91. The maximum atomic E-state index is 6.60. The molecule has 3 heteroatoms. The van der Waals surface area contributed by atoms with Gasteiger partial charge in [0.25, 0.3) is 0 Å². The van der Waals surface area contributed by atoms with Crippen LogP contribution in [0.3, 0.4) is 0 Å². The molecule has 138 valence electrons. The highest BCUT2D eigenvalue weighted by molar-refractivity contribution is 6.55. The van der Waals surface area contributed by atoms with Crippen molar-refractivity contribution in [1.82, 2.24) is 0 Å². The second-order valence-electron chi connectivity index (χ2n) is 11.9. The lowest BCUT2D eigenvalue weighted by molar-refractivity contribution is 0.00578. The Kier molecular flexibility index (Phi) is 4.10. The zero-order valence-electron chi connectivity index (χ0n) is 18.4. The topological polar surface area (TPSA) is 18.5 Å². The van der Waals surface area contributed by atoms with Gasteiger partial charge in [0.2, 0.25) is 0 Å². The molecule has 1 aliphatic heterocycles. The van der Waals surface area contributed by atoms with Crippen LogP contribution in [0.4, 0.5) is 0 Å². The summed E-state index contributed by atoms with van der Waals surface area (Å²) < 4.78 is 13.2. The second-order valence-corrected chi connectivity index (χ2v) is 11.9. The lowest BCUT2D eigenvalue weighted by Crippen LogP contribution is -2.41. The van der Waals surface area contributed by atoms with Crippen LogP contribution >= 0.6 is 0 Å². The summed E-state index contributed by atoms with van der Waals surface area (Å²) in [4.78, 5) is 0. The molecule has 1 fully saturated rings. The molecular weight excluding hydrogens is 295 g/mol. The molecule has 0 N–H and O–H groups in total. The minimum atomic E-state index is -0.301. The summed E-state index contributed by atoms with van der Waals surface area (Å²) in [6.07, 6.45) is 0. The van der Waals surface area contributed by atoms with Crippen molar-refractivity contribution < 1.29 is 9.31 Å². The van der Waals surface area contributed by atoms with Crippen molar-refractivity contribution in [3.8, 4) is 0 Å². The largest absolute Gasteiger partial charge is 0.473 e. The normalized spacial score (nSPS) is 26.1. The fraction of sp³-hybridized carbons (Fsp3) is 0.905. The van der Waals surface area contributed by atoms with Crippen molar-refractivity contribution in [3.63, 3.8) is 0 Å². The Balaban J connectivity index is 2.62. The van der Waals surface area contributed by atoms with Crippen LogP contribution in [-0.2, 0) is 9.31 Å². The van der Waals surface area contributed by atoms with Gasteiger partial charge in [-0.05, 0) is 43.9 Å². The Hall–Kier alpha value is -0.275. The van der Waals surface area contributed by atoms with Crippen molar-refractivity contribution in [2.45, 2.75) is 107 Å². The third kappa shape index (κ3) is 2.62. The molecule has 1 aliphatic carbocycles. The molecule has 0 aromatic carbocycles. The molecule has 0 radical (unpaired) electrons. The Morgan fingerprint density at radius 1 is 0.625 bits per heavy atom. The van der Waals surface area contributed by atoms with Crippen LogP contribution in [0.15, 0.2) is 11.1 Å². The Bertz CT molecular complexity index is 522. The molecule has 1 saturated heterocycles. The van der Waals surface area contributed by atoms with Gasteiger partial charge in [-0.2, -0.15) is 0 Å². The average Bonchev–Trinajstić information content (AvgIpc) is 2.91. The van der Waals surface area contributed by atoms with Gasteiger partial charge in [-0.1, -0.05) is 73.5 Å². The Morgan fingerprint density at radius 2 is 0.917 bits per heavy atom. The van der Waals surface area contributed by atoms with Crippen molar-refractivity contribution in [1.29, 1.82) is 0 Å². The lowest BCUT2D eigenvalue weighted by Gasteiger charge is -2.40. The number of rotatable bonds is 1. The monoisotopic (exact) mass is 334 g/mol. The third-order valence-corrected chi connectivity index (χ3v) is 6.27. The summed E-state index contributed by atoms with van der Waals surface area (Å²) in [6, 6.07) is 0. The maximum Gasteiger partial charge on any atom is 0.473 e. The highest BCUT2D eigenvalue weighted by Crippen LogP contribution is 2.80. The molecule has 0 aromatic heterocycles. The van der Waals surface area contributed by atoms with Crippen LogP contribution < -0.4 is 0 Å². The molecule has 0 atom stereocenters. The fourth-order valence-electron chi connectivity index (χ4n) is 4.59. The first-order valence-corrected chi connectivity index (χ1v) is 9.42. The number of allylic oxidation sites excluding steroid dienone is 2. The van der Waals surface area contributed by atoms with Gasteiger partial charge in [0.15, 0.2) is 0 Å². The van der Waals surface area contributed by atoms with Gasteiger partial charge < -0.3 is 9.31 Å². The van der Waals surface area contributed by atoms with E-state index in [-0.39, 0.29) is 39.9 Å². The highest BCUT2D eigenvalue weighted by Gasteiger charge is 2.75. The fourth-order valence-corrected chi connectivity index (χ4v) is 4.59. The number of hydrogen-bond acceptors (Lipinski definition) is 2. The van der Waals surface area contributed by atoms with Gasteiger partial charge >= 0.3 is 7.12 Å². The third-order valence-electron chi connectivity index (χ3n) is 6.27. The first-order valence-electron chi connectivity index (χ1n) is 9.42. The minimum Gasteiger partial charge on any atom is -0.402 e. The van der Waals surface area contributed by atoms with E-state index < -0.39 is 0 Å². The van der Waals surface area contributed by atoms with E-state index >= 15 is 0 Å². The summed E-state index contributed by atoms with van der Waals surface area (Å²) in [5.41, 5.74) is 2.73. The predicted molar refractivity (Wildman–Crippen MR) is 104 cm³/mol. The molecule has 0 amide bonds. The van der Waals surface area contributed by atoms with Crippen molar-refractivity contribution >= 4 is 7.12 Å². The number of hydrogen-bond donors (Lipinski definition) is 0. The Morgan fingerprint density at radius 3 is 1.12 bits per heavy atom. The molecule has 0 spiro atoms. The quantitative estimate of drug-likeness (QED) is 0.416. The van der Waals surface area contributed by atoms with Crippen LogP contribution in [-0.4, -0.2) is 18.3 Å².